The molecule has 0 aromatic carbocycles. The minimum atomic E-state index is -2.00. The predicted octanol–water partition coefficient (Wildman–Crippen LogP) is 8.13. The van der Waals surface area contributed by atoms with Crippen LogP contribution in [0.1, 0.15) is 121 Å². The molecule has 4 rings (SSSR count). The minimum absolute atomic E-state index is 0.0604. The Hall–Kier alpha value is -1.09. The van der Waals surface area contributed by atoms with E-state index in [0.717, 1.165) is 62.5 Å². The molecule has 200 valence electrons. The number of allylic oxidation sites excluding steroid dienone is 4. The second-order valence-electron chi connectivity index (χ2n) is 12.0. The highest BCUT2D eigenvalue weighted by Gasteiger charge is 2.48. The maximum atomic E-state index is 11.8. The van der Waals surface area contributed by atoms with Gasteiger partial charge in [0.2, 0.25) is 0 Å². The van der Waals surface area contributed by atoms with Crippen LogP contribution in [0.2, 0.25) is 0 Å². The van der Waals surface area contributed by atoms with E-state index in [0.29, 0.717) is 24.9 Å². The lowest BCUT2D eigenvalue weighted by Crippen LogP contribution is -2.35. The fraction of sp³-hybridized carbons (Fsp3) is 0.844. The highest BCUT2D eigenvalue weighted by molar-refractivity contribution is 5.70. The number of aliphatic hydroxyl groups is 1. The number of aliphatic hydroxyl groups excluding tert-OH is 1. The summed E-state index contributed by atoms with van der Waals surface area (Å²) in [6.45, 7) is 6.80. The zero-order valence-electron chi connectivity index (χ0n) is 28.9. The lowest BCUT2D eigenvalue weighted by Gasteiger charge is -2.44. The molecule has 3 nitrogen and oxygen atoms in total. The van der Waals surface area contributed by atoms with Crippen molar-refractivity contribution >= 4 is 5.97 Å². The van der Waals surface area contributed by atoms with Crippen molar-refractivity contribution in [3.05, 3.63) is 23.3 Å². The summed E-state index contributed by atoms with van der Waals surface area (Å²) in [5, 5.41) is 9.16. The first kappa shape index (κ1) is 20.9. The van der Waals surface area contributed by atoms with Gasteiger partial charge in [-0.1, -0.05) is 90.4 Å². The van der Waals surface area contributed by atoms with Crippen LogP contribution in [-0.4, -0.2) is 24.3 Å². The van der Waals surface area contributed by atoms with Gasteiger partial charge >= 0.3 is 5.97 Å². The van der Waals surface area contributed by atoms with Crippen molar-refractivity contribution in [3.8, 4) is 0 Å². The van der Waals surface area contributed by atoms with Crippen LogP contribution in [0.5, 0.6) is 0 Å². The van der Waals surface area contributed by atoms with Gasteiger partial charge in [0.15, 0.2) is 0 Å². The third-order valence-electron chi connectivity index (χ3n) is 9.72. The van der Waals surface area contributed by atoms with Gasteiger partial charge in [0.05, 0.1) is 13.0 Å². The van der Waals surface area contributed by atoms with Crippen LogP contribution in [0.4, 0.5) is 0 Å². The van der Waals surface area contributed by atoms with Gasteiger partial charge < -0.3 is 9.84 Å². The Labute approximate surface area is 224 Å². The third kappa shape index (κ3) is 5.91. The molecule has 0 unspecified atom stereocenters. The number of hydrogen-bond donors (Lipinski definition) is 1. The molecule has 8 atom stereocenters. The fourth-order valence-corrected chi connectivity index (χ4v) is 7.82. The molecule has 2 fully saturated rings. The lowest BCUT2D eigenvalue weighted by molar-refractivity contribution is -0.143. The van der Waals surface area contributed by atoms with Crippen molar-refractivity contribution in [3.63, 3.8) is 0 Å². The van der Waals surface area contributed by atoms with E-state index in [1.165, 1.54) is 0 Å². The smallest absolute Gasteiger partial charge is 0.306 e. The second-order valence-corrected chi connectivity index (χ2v) is 12.0. The molecule has 0 radical (unpaired) electrons. The van der Waals surface area contributed by atoms with Crippen molar-refractivity contribution in [2.45, 2.75) is 113 Å². The van der Waals surface area contributed by atoms with E-state index in [1.807, 2.05) is 6.92 Å². The Bertz CT molecular complexity index is 969. The van der Waals surface area contributed by atoms with Gasteiger partial charge in [-0.2, -0.15) is 0 Å². The average Bonchev–Trinajstić information content (AvgIpc) is 3.47. The van der Waals surface area contributed by atoms with E-state index in [-0.39, 0.29) is 42.7 Å². The van der Waals surface area contributed by atoms with Gasteiger partial charge in [-0.25, -0.2) is 0 Å². The molecule has 0 aromatic heterocycles. The van der Waals surface area contributed by atoms with Gasteiger partial charge in [-0.05, 0) is 85.4 Å². The van der Waals surface area contributed by atoms with Crippen molar-refractivity contribution < 1.29 is 22.9 Å². The van der Waals surface area contributed by atoms with E-state index in [2.05, 4.69) is 32.9 Å². The fourth-order valence-electron chi connectivity index (χ4n) is 7.82. The van der Waals surface area contributed by atoms with E-state index < -0.39 is 24.5 Å². The summed E-state index contributed by atoms with van der Waals surface area (Å²) in [4.78, 5) is 11.8. The van der Waals surface area contributed by atoms with Gasteiger partial charge in [0.1, 0.15) is 0 Å². The van der Waals surface area contributed by atoms with Crippen molar-refractivity contribution in [1.29, 1.82) is 0 Å². The number of esters is 1. The molecular weight excluding hydrogens is 432 g/mol. The van der Waals surface area contributed by atoms with Gasteiger partial charge in [0, 0.05) is 14.8 Å². The standard InChI is InChI=1S/C17H28O2.C15H26O/c1-5-19-16(18)11-13(3)15-9-8-14-12(2)7-6-10-17(14,15)4;1-11-5-4-9-15(3)13(11)6-7-14(15)12(2)8-10-16/h9,12-14H,5-8,10-11H2,1-4H3;7,11-13,16H,4-6,8-10H2,1-3H3/t12-,13-,14+,17+;11-,12-,13+,15+/m11/s1/i4D3;3D3. The lowest BCUT2D eigenvalue weighted by atomic mass is 9.60. The van der Waals surface area contributed by atoms with E-state index in [4.69, 9.17) is 18.1 Å². The van der Waals surface area contributed by atoms with Crippen LogP contribution in [0.25, 0.3) is 0 Å². The molecule has 1 N–H and O–H groups in total. The number of ether oxygens (including phenoxy) is 1. The summed E-state index contributed by atoms with van der Waals surface area (Å²) in [6, 6.07) is 0. The first-order chi connectivity index (χ1) is 19.1. The molecule has 2 saturated carbocycles. The molecule has 4 aliphatic rings. The molecule has 0 aliphatic heterocycles. The number of hydrogen-bond acceptors (Lipinski definition) is 3. The Kier molecular flexibility index (Phi) is 7.15. The highest BCUT2D eigenvalue weighted by Crippen LogP contribution is 2.57. The highest BCUT2D eigenvalue weighted by atomic mass is 16.5. The molecular formula is C32H54O3. The summed E-state index contributed by atoms with van der Waals surface area (Å²) < 4.78 is 54.0. The Morgan fingerprint density at radius 2 is 1.54 bits per heavy atom. The maximum absolute atomic E-state index is 11.8. The topological polar surface area (TPSA) is 46.5 Å². The summed E-state index contributed by atoms with van der Waals surface area (Å²) in [6.07, 6.45) is 12.7. The van der Waals surface area contributed by atoms with Crippen LogP contribution >= 0.6 is 0 Å². The molecule has 0 aromatic rings. The monoisotopic (exact) mass is 492 g/mol. The third-order valence-corrected chi connectivity index (χ3v) is 9.72. The van der Waals surface area contributed by atoms with Crippen LogP contribution in [-0.2, 0) is 9.53 Å². The van der Waals surface area contributed by atoms with Crippen LogP contribution in [0.15, 0.2) is 23.3 Å². The van der Waals surface area contributed by atoms with Crippen molar-refractivity contribution in [1.82, 2.24) is 0 Å². The summed E-state index contributed by atoms with van der Waals surface area (Å²) in [5.41, 5.74) is 0.755. The first-order valence-corrected chi connectivity index (χ1v) is 14.3. The Balaban J connectivity index is 0.000000228. The zero-order valence-corrected chi connectivity index (χ0v) is 22.9. The molecule has 4 aliphatic carbocycles. The molecule has 3 heteroatoms. The van der Waals surface area contributed by atoms with Crippen molar-refractivity contribution in [2.75, 3.05) is 13.2 Å². The van der Waals surface area contributed by atoms with E-state index >= 15 is 0 Å². The molecule has 0 saturated heterocycles. The Morgan fingerprint density at radius 1 is 1.03 bits per heavy atom. The summed E-state index contributed by atoms with van der Waals surface area (Å²) in [5.74, 6) is 1.26. The molecule has 35 heavy (non-hydrogen) atoms. The Morgan fingerprint density at radius 3 is 2.00 bits per heavy atom. The van der Waals surface area contributed by atoms with Crippen LogP contribution in [0, 0.1) is 46.3 Å². The molecule has 0 spiro atoms. The maximum Gasteiger partial charge on any atom is 0.306 e. The first-order valence-electron chi connectivity index (χ1n) is 17.3. The number of carbonyl (C=O) groups is 1. The van der Waals surface area contributed by atoms with Crippen LogP contribution < -0.4 is 0 Å². The SMILES string of the molecule is [2H]C([2H])([2H])[C@]12CCC[C@@H](C)[C@@H]1CC=C2[C@H](C)CC(=O)OCC.[2H]C([2H])([2H])[C@]12CCC[C@@H](C)[C@@H]1CC=C2[C@H](C)CCO. The molecule has 0 bridgehead atoms. The summed E-state index contributed by atoms with van der Waals surface area (Å²) in [7, 11) is 0. The predicted molar refractivity (Wildman–Crippen MR) is 146 cm³/mol. The van der Waals surface area contributed by atoms with Crippen LogP contribution in [0.3, 0.4) is 0 Å². The quantitative estimate of drug-likeness (QED) is 0.288. The number of rotatable bonds is 7. The number of fused-ring (bicyclic) bond motifs is 2. The van der Waals surface area contributed by atoms with Gasteiger partial charge in [-0.15, -0.1) is 0 Å². The largest absolute Gasteiger partial charge is 0.466 e. The van der Waals surface area contributed by atoms with Gasteiger partial charge in [0.25, 0.3) is 0 Å². The van der Waals surface area contributed by atoms with E-state index in [1.54, 1.807) is 6.92 Å². The zero-order chi connectivity index (χ0) is 30.8. The normalized spacial score (nSPS) is 41.0. The van der Waals surface area contributed by atoms with Gasteiger partial charge in [-0.3, -0.25) is 4.79 Å². The molecule has 0 heterocycles. The van der Waals surface area contributed by atoms with Crippen molar-refractivity contribution in [2.24, 2.45) is 46.3 Å². The average molecular weight is 493 g/mol. The minimum Gasteiger partial charge on any atom is -0.466 e. The second kappa shape index (κ2) is 12.0. The van der Waals surface area contributed by atoms with E-state index in [9.17, 15) is 4.79 Å². The summed E-state index contributed by atoms with van der Waals surface area (Å²) >= 11 is 0. The molecule has 0 amide bonds. The number of carbonyl (C=O) groups excluding carboxylic acids is 1.